The van der Waals surface area contributed by atoms with Crippen molar-refractivity contribution in [1.82, 2.24) is 0 Å². The van der Waals surface area contributed by atoms with Crippen molar-refractivity contribution in [3.63, 3.8) is 0 Å². The number of phenols is 1. The Labute approximate surface area is 191 Å². The molecule has 0 amide bonds. The van der Waals surface area contributed by atoms with Crippen LogP contribution < -0.4 is 4.74 Å². The molecular weight excluding hydrogens is 380 g/mol. The second-order valence-corrected chi connectivity index (χ2v) is 9.82. The van der Waals surface area contributed by atoms with Gasteiger partial charge in [0.1, 0.15) is 17.1 Å². The van der Waals surface area contributed by atoms with Crippen molar-refractivity contribution in [1.29, 1.82) is 0 Å². The number of allylic oxidation sites excluding steroid dienone is 6. The molecule has 1 aromatic carbocycles. The van der Waals surface area contributed by atoms with Gasteiger partial charge in [0.15, 0.2) is 0 Å². The minimum Gasteiger partial charge on any atom is -0.508 e. The summed E-state index contributed by atoms with van der Waals surface area (Å²) in [5.74, 6) is 1.38. The molecule has 0 saturated carbocycles. The fourth-order valence-corrected chi connectivity index (χ4v) is 4.31. The van der Waals surface area contributed by atoms with Gasteiger partial charge in [-0.05, 0) is 117 Å². The zero-order chi connectivity index (χ0) is 23.0. The molecule has 2 rings (SSSR count). The SMILES string of the molecule is CC/C(C)=C/CC/C(C)=C/CC/C(C)=C/CC[C@]1(C)CCc2c(C)c(O)cc(C)c2O1. The van der Waals surface area contributed by atoms with Crippen molar-refractivity contribution in [2.75, 3.05) is 0 Å². The van der Waals surface area contributed by atoms with E-state index < -0.39 is 0 Å². The van der Waals surface area contributed by atoms with Crippen molar-refractivity contribution in [2.45, 2.75) is 112 Å². The molecule has 1 aliphatic heterocycles. The number of phenolic OH excluding ortho intramolecular Hbond substituents is 1. The number of rotatable bonds is 10. The van der Waals surface area contributed by atoms with E-state index in [1.807, 2.05) is 19.9 Å². The molecular formula is C29H44O2. The predicted octanol–water partition coefficient (Wildman–Crippen LogP) is 8.68. The zero-order valence-corrected chi connectivity index (χ0v) is 21.0. The minimum atomic E-state index is -0.126. The van der Waals surface area contributed by atoms with Crippen molar-refractivity contribution in [2.24, 2.45) is 0 Å². The second-order valence-electron chi connectivity index (χ2n) is 9.82. The third kappa shape index (κ3) is 7.59. The van der Waals surface area contributed by atoms with Crippen LogP contribution in [0.3, 0.4) is 0 Å². The fourth-order valence-electron chi connectivity index (χ4n) is 4.31. The lowest BCUT2D eigenvalue weighted by atomic mass is 9.86. The van der Waals surface area contributed by atoms with E-state index in [0.717, 1.165) is 68.2 Å². The Kier molecular flexibility index (Phi) is 9.47. The second kappa shape index (κ2) is 11.6. The van der Waals surface area contributed by atoms with Gasteiger partial charge in [0.25, 0.3) is 0 Å². The molecule has 0 fully saturated rings. The van der Waals surface area contributed by atoms with Crippen LogP contribution in [0.2, 0.25) is 0 Å². The molecule has 2 nitrogen and oxygen atoms in total. The monoisotopic (exact) mass is 424 g/mol. The summed E-state index contributed by atoms with van der Waals surface area (Å²) in [6.45, 7) is 15.2. The zero-order valence-electron chi connectivity index (χ0n) is 21.0. The number of hydrogen-bond acceptors (Lipinski definition) is 2. The van der Waals surface area contributed by atoms with Crippen LogP contribution in [-0.4, -0.2) is 10.7 Å². The van der Waals surface area contributed by atoms with Crippen molar-refractivity contribution in [3.05, 3.63) is 57.7 Å². The van der Waals surface area contributed by atoms with Crippen LogP contribution >= 0.6 is 0 Å². The smallest absolute Gasteiger partial charge is 0.126 e. The van der Waals surface area contributed by atoms with E-state index in [0.29, 0.717) is 5.75 Å². The molecule has 0 bridgehead atoms. The number of aromatic hydroxyl groups is 1. The van der Waals surface area contributed by atoms with Crippen molar-refractivity contribution >= 4 is 0 Å². The fraction of sp³-hybridized carbons (Fsp3) is 0.586. The summed E-state index contributed by atoms with van der Waals surface area (Å²) in [7, 11) is 0. The highest BCUT2D eigenvalue weighted by atomic mass is 16.5. The summed E-state index contributed by atoms with van der Waals surface area (Å²) in [5, 5.41) is 10.1. The summed E-state index contributed by atoms with van der Waals surface area (Å²) >= 11 is 0. The minimum absolute atomic E-state index is 0.126. The van der Waals surface area contributed by atoms with Gasteiger partial charge in [0.05, 0.1) is 0 Å². The van der Waals surface area contributed by atoms with E-state index in [9.17, 15) is 5.11 Å². The third-order valence-electron chi connectivity index (χ3n) is 6.86. The first-order valence-electron chi connectivity index (χ1n) is 12.1. The quantitative estimate of drug-likeness (QED) is 0.381. The maximum atomic E-state index is 10.1. The number of aryl methyl sites for hydroxylation is 1. The van der Waals surface area contributed by atoms with Gasteiger partial charge in [-0.15, -0.1) is 0 Å². The molecule has 1 N–H and O–H groups in total. The summed E-state index contributed by atoms with van der Waals surface area (Å²) in [6.07, 6.45) is 17.0. The average Bonchev–Trinajstić information content (AvgIpc) is 2.72. The normalized spacial score (nSPS) is 19.9. The molecule has 0 radical (unpaired) electrons. The van der Waals surface area contributed by atoms with E-state index >= 15 is 0 Å². The Morgan fingerprint density at radius 2 is 1.58 bits per heavy atom. The molecule has 2 heteroatoms. The molecule has 0 unspecified atom stereocenters. The molecule has 1 aromatic rings. The lowest BCUT2D eigenvalue weighted by Crippen LogP contribution is -2.36. The van der Waals surface area contributed by atoms with Gasteiger partial charge in [-0.2, -0.15) is 0 Å². The van der Waals surface area contributed by atoms with E-state index in [2.05, 4.69) is 52.8 Å². The van der Waals surface area contributed by atoms with Crippen LogP contribution in [0, 0.1) is 13.8 Å². The van der Waals surface area contributed by atoms with Crippen molar-refractivity contribution < 1.29 is 9.84 Å². The number of fused-ring (bicyclic) bond motifs is 1. The topological polar surface area (TPSA) is 29.5 Å². The average molecular weight is 425 g/mol. The largest absolute Gasteiger partial charge is 0.508 e. The lowest BCUT2D eigenvalue weighted by Gasteiger charge is -2.37. The van der Waals surface area contributed by atoms with E-state index in [4.69, 9.17) is 4.74 Å². The van der Waals surface area contributed by atoms with E-state index in [1.165, 1.54) is 28.7 Å². The molecule has 0 spiro atoms. The van der Waals surface area contributed by atoms with Gasteiger partial charge in [-0.1, -0.05) is 41.9 Å². The van der Waals surface area contributed by atoms with Crippen LogP contribution in [0.5, 0.6) is 11.5 Å². The Bertz CT molecular complexity index is 841. The summed E-state index contributed by atoms with van der Waals surface area (Å²) < 4.78 is 6.49. The maximum Gasteiger partial charge on any atom is 0.126 e. The number of hydrogen-bond donors (Lipinski definition) is 1. The highest BCUT2D eigenvalue weighted by Crippen LogP contribution is 2.42. The molecule has 1 atom stereocenters. The van der Waals surface area contributed by atoms with Gasteiger partial charge in [-0.25, -0.2) is 0 Å². The first-order chi connectivity index (χ1) is 14.6. The van der Waals surface area contributed by atoms with Crippen molar-refractivity contribution in [3.8, 4) is 11.5 Å². The molecule has 0 aliphatic carbocycles. The third-order valence-corrected chi connectivity index (χ3v) is 6.86. The highest BCUT2D eigenvalue weighted by Gasteiger charge is 2.33. The number of benzene rings is 1. The van der Waals surface area contributed by atoms with E-state index in [-0.39, 0.29) is 5.60 Å². The molecule has 31 heavy (non-hydrogen) atoms. The van der Waals surface area contributed by atoms with Crippen LogP contribution in [0.1, 0.15) is 103 Å². The van der Waals surface area contributed by atoms with Gasteiger partial charge in [0, 0.05) is 5.56 Å². The first kappa shape index (κ1) is 25.3. The Morgan fingerprint density at radius 3 is 2.19 bits per heavy atom. The summed E-state index contributed by atoms with van der Waals surface area (Å²) in [5.41, 5.74) is 7.54. The molecule has 172 valence electrons. The standard InChI is InChI=1S/C29H44O2/c1-8-21(2)12-9-13-22(3)14-10-15-23(4)16-11-18-29(7)19-17-26-25(6)27(30)20-24(5)28(26)31-29/h12,14,16,20,30H,8-11,13,15,17-19H2,1-7H3/b21-12+,22-14+,23-16+/t29-/m1/s1. The van der Waals surface area contributed by atoms with Crippen LogP contribution in [0.4, 0.5) is 0 Å². The number of ether oxygens (including phenoxy) is 1. The van der Waals surface area contributed by atoms with Crippen LogP contribution in [0.25, 0.3) is 0 Å². The molecule has 1 heterocycles. The Hall–Kier alpha value is -1.96. The predicted molar refractivity (Wildman–Crippen MR) is 134 cm³/mol. The Balaban J connectivity index is 1.81. The van der Waals surface area contributed by atoms with Gasteiger partial charge >= 0.3 is 0 Å². The van der Waals surface area contributed by atoms with Gasteiger partial charge in [-0.3, -0.25) is 0 Å². The highest BCUT2D eigenvalue weighted by molar-refractivity contribution is 5.53. The lowest BCUT2D eigenvalue weighted by molar-refractivity contribution is 0.0559. The molecule has 0 saturated heterocycles. The first-order valence-corrected chi connectivity index (χ1v) is 12.1. The van der Waals surface area contributed by atoms with Crippen LogP contribution in [0.15, 0.2) is 41.0 Å². The molecule has 1 aliphatic rings. The Morgan fingerprint density at radius 1 is 1.00 bits per heavy atom. The van der Waals surface area contributed by atoms with Gasteiger partial charge in [0.2, 0.25) is 0 Å². The maximum absolute atomic E-state index is 10.1. The van der Waals surface area contributed by atoms with E-state index in [1.54, 1.807) is 0 Å². The van der Waals surface area contributed by atoms with Crippen LogP contribution in [-0.2, 0) is 6.42 Å². The summed E-state index contributed by atoms with van der Waals surface area (Å²) in [4.78, 5) is 0. The summed E-state index contributed by atoms with van der Waals surface area (Å²) in [6, 6.07) is 1.83. The molecule has 0 aromatic heterocycles. The van der Waals surface area contributed by atoms with Gasteiger partial charge < -0.3 is 9.84 Å².